The second-order valence-corrected chi connectivity index (χ2v) is 8.45. The van der Waals surface area contributed by atoms with Crippen molar-refractivity contribution in [2.45, 2.75) is 43.9 Å². The molecule has 11 heteroatoms. The SMILES string of the molecule is COC(=O)C1CC(O)(c2cn(-c3ccc4c(c3)CN(C3CCC(=O)NC3=O)C4=O)nn2)C1. The van der Waals surface area contributed by atoms with Crippen molar-refractivity contribution in [3.05, 3.63) is 41.2 Å². The smallest absolute Gasteiger partial charge is 0.308 e. The van der Waals surface area contributed by atoms with Crippen LogP contribution in [-0.4, -0.2) is 61.8 Å². The number of hydrogen-bond acceptors (Lipinski definition) is 8. The summed E-state index contributed by atoms with van der Waals surface area (Å²) in [5.41, 5.74) is 1.01. The van der Waals surface area contributed by atoms with Crippen LogP contribution in [0.4, 0.5) is 0 Å². The van der Waals surface area contributed by atoms with Gasteiger partial charge in [-0.1, -0.05) is 5.21 Å². The lowest BCUT2D eigenvalue weighted by Crippen LogP contribution is -2.52. The van der Waals surface area contributed by atoms with Gasteiger partial charge in [-0.15, -0.1) is 5.10 Å². The van der Waals surface area contributed by atoms with Crippen LogP contribution in [0, 0.1) is 5.92 Å². The number of carbonyl (C=O) groups is 4. The molecule has 1 saturated heterocycles. The predicted octanol–water partition coefficient (Wildman–Crippen LogP) is -0.201. The fraction of sp³-hybridized carbons (Fsp3) is 0.429. The van der Waals surface area contributed by atoms with E-state index in [-0.39, 0.29) is 49.5 Å². The molecule has 3 heterocycles. The Balaban J connectivity index is 1.34. The van der Waals surface area contributed by atoms with E-state index in [1.807, 2.05) is 0 Å². The molecule has 1 unspecified atom stereocenters. The minimum atomic E-state index is -1.23. The number of carbonyl (C=O) groups excluding carboxylic acids is 4. The van der Waals surface area contributed by atoms with Crippen LogP contribution >= 0.6 is 0 Å². The minimum absolute atomic E-state index is 0.198. The van der Waals surface area contributed by atoms with Crippen molar-refractivity contribution < 1.29 is 29.0 Å². The molecule has 0 spiro atoms. The maximum atomic E-state index is 12.8. The highest BCUT2D eigenvalue weighted by Crippen LogP contribution is 2.45. The molecule has 2 aliphatic heterocycles. The van der Waals surface area contributed by atoms with Crippen molar-refractivity contribution in [3.8, 4) is 5.69 Å². The largest absolute Gasteiger partial charge is 0.469 e. The van der Waals surface area contributed by atoms with Gasteiger partial charge in [-0.2, -0.15) is 0 Å². The van der Waals surface area contributed by atoms with E-state index < -0.39 is 17.6 Å². The molecule has 0 radical (unpaired) electrons. The number of ether oxygens (including phenoxy) is 1. The van der Waals surface area contributed by atoms with Gasteiger partial charge in [0.1, 0.15) is 17.3 Å². The maximum absolute atomic E-state index is 12.8. The molecule has 1 atom stereocenters. The topological polar surface area (TPSA) is 144 Å². The van der Waals surface area contributed by atoms with Crippen molar-refractivity contribution in [3.63, 3.8) is 0 Å². The van der Waals surface area contributed by atoms with Crippen LogP contribution in [-0.2, 0) is 31.3 Å². The number of hydrogen-bond donors (Lipinski definition) is 2. The van der Waals surface area contributed by atoms with Gasteiger partial charge in [-0.05, 0) is 43.0 Å². The number of fused-ring (bicyclic) bond motifs is 1. The summed E-state index contributed by atoms with van der Waals surface area (Å²) in [6, 6.07) is 4.50. The number of aliphatic hydroxyl groups is 1. The van der Waals surface area contributed by atoms with Crippen molar-refractivity contribution in [2.24, 2.45) is 5.92 Å². The Labute approximate surface area is 182 Å². The monoisotopic (exact) mass is 439 g/mol. The number of imide groups is 1. The summed E-state index contributed by atoms with van der Waals surface area (Å²) >= 11 is 0. The molecule has 2 N–H and O–H groups in total. The molecule has 1 aromatic heterocycles. The van der Waals surface area contributed by atoms with Crippen molar-refractivity contribution in [1.82, 2.24) is 25.2 Å². The fourth-order valence-electron chi connectivity index (χ4n) is 4.60. The number of esters is 1. The lowest BCUT2D eigenvalue weighted by atomic mass is 9.69. The van der Waals surface area contributed by atoms with Gasteiger partial charge in [0.2, 0.25) is 11.8 Å². The standard InChI is InChI=1S/C21H21N5O6/c1-32-20(30)12-7-21(31,8-12)16-10-26(24-23-16)13-2-3-14-11(6-13)9-25(19(14)29)15-4-5-17(27)22-18(15)28/h2-3,6,10,12,15,31H,4-5,7-9H2,1H3,(H,22,27,28). The molecule has 1 aliphatic carbocycles. The van der Waals surface area contributed by atoms with Crippen molar-refractivity contribution in [1.29, 1.82) is 0 Å². The Kier molecular flexibility index (Phi) is 4.59. The van der Waals surface area contributed by atoms with Crippen LogP contribution in [0.15, 0.2) is 24.4 Å². The first-order chi connectivity index (χ1) is 15.3. The molecule has 3 aliphatic rings. The van der Waals surface area contributed by atoms with Gasteiger partial charge in [0.25, 0.3) is 5.91 Å². The van der Waals surface area contributed by atoms with E-state index in [0.717, 1.165) is 5.56 Å². The normalized spacial score (nSPS) is 27.1. The van der Waals surface area contributed by atoms with Gasteiger partial charge in [0, 0.05) is 18.5 Å². The van der Waals surface area contributed by atoms with Crippen LogP contribution in [0.25, 0.3) is 5.69 Å². The van der Waals surface area contributed by atoms with E-state index in [1.165, 1.54) is 16.7 Å². The van der Waals surface area contributed by atoms with E-state index in [1.54, 1.807) is 24.4 Å². The first-order valence-electron chi connectivity index (χ1n) is 10.3. The first-order valence-corrected chi connectivity index (χ1v) is 10.3. The molecule has 1 aromatic carbocycles. The predicted molar refractivity (Wildman–Crippen MR) is 106 cm³/mol. The first kappa shape index (κ1) is 20.3. The zero-order valence-electron chi connectivity index (χ0n) is 17.3. The summed E-state index contributed by atoms with van der Waals surface area (Å²) in [7, 11) is 1.32. The minimum Gasteiger partial charge on any atom is -0.469 e. The van der Waals surface area contributed by atoms with Crippen LogP contribution in [0.5, 0.6) is 0 Å². The van der Waals surface area contributed by atoms with Gasteiger partial charge in [0.15, 0.2) is 0 Å². The zero-order chi connectivity index (χ0) is 22.6. The lowest BCUT2D eigenvalue weighted by molar-refractivity contribution is -0.163. The average Bonchev–Trinajstić information content (AvgIpc) is 3.36. The zero-order valence-corrected chi connectivity index (χ0v) is 17.3. The molecule has 5 rings (SSSR count). The number of rotatable bonds is 4. The third kappa shape index (κ3) is 3.16. The number of nitrogens with one attached hydrogen (secondary N) is 1. The highest BCUT2D eigenvalue weighted by molar-refractivity contribution is 6.05. The summed E-state index contributed by atoms with van der Waals surface area (Å²) < 4.78 is 6.21. The number of benzene rings is 1. The van der Waals surface area contributed by atoms with Gasteiger partial charge >= 0.3 is 5.97 Å². The molecule has 3 amide bonds. The number of nitrogens with zero attached hydrogens (tertiary/aromatic N) is 4. The molecule has 11 nitrogen and oxygen atoms in total. The Morgan fingerprint density at radius 2 is 2.06 bits per heavy atom. The Morgan fingerprint density at radius 3 is 2.78 bits per heavy atom. The second-order valence-electron chi connectivity index (χ2n) is 8.45. The molecular weight excluding hydrogens is 418 g/mol. The molecule has 2 aromatic rings. The summed E-state index contributed by atoms with van der Waals surface area (Å²) in [6.45, 7) is 0.251. The Hall–Kier alpha value is -3.60. The molecular formula is C21H21N5O6. The highest BCUT2D eigenvalue weighted by atomic mass is 16.5. The van der Waals surface area contributed by atoms with E-state index in [2.05, 4.69) is 15.6 Å². The fourth-order valence-corrected chi connectivity index (χ4v) is 4.60. The molecule has 0 bridgehead atoms. The van der Waals surface area contributed by atoms with E-state index in [4.69, 9.17) is 4.74 Å². The molecule has 1 saturated carbocycles. The van der Waals surface area contributed by atoms with Crippen molar-refractivity contribution in [2.75, 3.05) is 7.11 Å². The number of methoxy groups -OCH3 is 1. The highest BCUT2D eigenvalue weighted by Gasteiger charge is 2.50. The van der Waals surface area contributed by atoms with E-state index >= 15 is 0 Å². The Bertz CT molecular complexity index is 1150. The third-order valence-corrected chi connectivity index (χ3v) is 6.44. The van der Waals surface area contributed by atoms with Gasteiger partial charge < -0.3 is 14.7 Å². The summed E-state index contributed by atoms with van der Waals surface area (Å²) in [5, 5.41) is 21.2. The second kappa shape index (κ2) is 7.23. The van der Waals surface area contributed by atoms with Gasteiger partial charge in [-0.25, -0.2) is 4.68 Å². The number of amides is 3. The number of aromatic nitrogens is 3. The van der Waals surface area contributed by atoms with Crippen LogP contribution in [0.3, 0.4) is 0 Å². The molecule has 166 valence electrons. The van der Waals surface area contributed by atoms with Gasteiger partial charge in [-0.3, -0.25) is 24.5 Å². The van der Waals surface area contributed by atoms with Crippen LogP contribution in [0.1, 0.15) is 47.3 Å². The quantitative estimate of drug-likeness (QED) is 0.492. The third-order valence-electron chi connectivity index (χ3n) is 6.44. The summed E-state index contributed by atoms with van der Waals surface area (Å²) in [6.07, 6.45) is 2.54. The maximum Gasteiger partial charge on any atom is 0.308 e. The summed E-state index contributed by atoms with van der Waals surface area (Å²) in [4.78, 5) is 49.5. The lowest BCUT2D eigenvalue weighted by Gasteiger charge is -2.40. The van der Waals surface area contributed by atoms with Crippen molar-refractivity contribution >= 4 is 23.7 Å². The van der Waals surface area contributed by atoms with Crippen LogP contribution in [0.2, 0.25) is 0 Å². The van der Waals surface area contributed by atoms with Crippen LogP contribution < -0.4 is 5.32 Å². The van der Waals surface area contributed by atoms with Gasteiger partial charge in [0.05, 0.1) is 24.9 Å². The van der Waals surface area contributed by atoms with E-state index in [9.17, 15) is 24.3 Å². The summed E-state index contributed by atoms with van der Waals surface area (Å²) in [5.74, 6) is -1.75. The number of piperidine rings is 1. The molecule has 2 fully saturated rings. The molecule has 32 heavy (non-hydrogen) atoms. The Morgan fingerprint density at radius 1 is 1.28 bits per heavy atom. The average molecular weight is 439 g/mol. The van der Waals surface area contributed by atoms with E-state index in [0.29, 0.717) is 23.4 Å².